The number of hydrogen-bond acceptors (Lipinski definition) is 3. The van der Waals surface area contributed by atoms with Crippen molar-refractivity contribution in [3.63, 3.8) is 0 Å². The van der Waals surface area contributed by atoms with E-state index in [1.807, 2.05) is 30.5 Å². The molecule has 0 aliphatic heterocycles. The topological polar surface area (TPSA) is 26.3 Å². The molecule has 0 bridgehead atoms. The molecule has 2 nitrogen and oxygen atoms in total. The molecule has 17 heavy (non-hydrogen) atoms. The summed E-state index contributed by atoms with van der Waals surface area (Å²) in [4.78, 5) is 11.7. The molecule has 1 heterocycles. The Kier molecular flexibility index (Phi) is 3.92. The summed E-state index contributed by atoms with van der Waals surface area (Å²) >= 11 is 1.66. The summed E-state index contributed by atoms with van der Waals surface area (Å²) in [5.74, 6) is 0.0713. The number of carbonyl (C=O) groups excluding carboxylic acids is 1. The van der Waals surface area contributed by atoms with Gasteiger partial charge in [-0.2, -0.15) is 0 Å². The summed E-state index contributed by atoms with van der Waals surface area (Å²) in [6.07, 6.45) is 0.511. The van der Waals surface area contributed by atoms with E-state index < -0.39 is 6.10 Å². The van der Waals surface area contributed by atoms with Crippen LogP contribution in [-0.4, -0.2) is 12.4 Å². The van der Waals surface area contributed by atoms with Crippen LogP contribution in [-0.2, 0) is 9.53 Å². The Morgan fingerprint density at radius 1 is 1.41 bits per heavy atom. The highest BCUT2D eigenvalue weighted by Crippen LogP contribution is 2.32. The Morgan fingerprint density at radius 3 is 2.88 bits per heavy atom. The van der Waals surface area contributed by atoms with Gasteiger partial charge in [0, 0.05) is 16.9 Å². The molecule has 0 fully saturated rings. The highest BCUT2D eigenvalue weighted by atomic mass is 32.1. The zero-order valence-electron chi connectivity index (χ0n) is 10.1. The van der Waals surface area contributed by atoms with Crippen LogP contribution in [0, 0.1) is 0 Å². The third-order valence-corrected chi connectivity index (χ3v) is 3.63. The van der Waals surface area contributed by atoms with Gasteiger partial charge in [0.25, 0.3) is 0 Å². The largest absolute Gasteiger partial charge is 0.366 e. The zero-order valence-corrected chi connectivity index (χ0v) is 10.9. The van der Waals surface area contributed by atoms with Gasteiger partial charge in [-0.3, -0.25) is 4.79 Å². The fourth-order valence-corrected chi connectivity index (χ4v) is 2.84. The second-order valence-corrected chi connectivity index (χ2v) is 4.96. The van der Waals surface area contributed by atoms with E-state index in [0.717, 1.165) is 17.4 Å². The van der Waals surface area contributed by atoms with E-state index in [2.05, 4.69) is 6.07 Å². The lowest BCUT2D eigenvalue weighted by Gasteiger charge is -2.14. The highest BCUT2D eigenvalue weighted by Gasteiger charge is 2.20. The lowest BCUT2D eigenvalue weighted by Crippen LogP contribution is -2.13. The molecule has 1 aromatic heterocycles. The molecule has 3 heteroatoms. The van der Waals surface area contributed by atoms with E-state index in [4.69, 9.17) is 4.74 Å². The van der Waals surface area contributed by atoms with E-state index in [1.54, 1.807) is 18.3 Å². The number of rotatable bonds is 5. The molecule has 1 unspecified atom stereocenters. The van der Waals surface area contributed by atoms with Crippen molar-refractivity contribution in [3.05, 3.63) is 35.2 Å². The predicted octanol–water partition coefficient (Wildman–Crippen LogP) is 3.96. The van der Waals surface area contributed by atoms with E-state index >= 15 is 0 Å². The van der Waals surface area contributed by atoms with Crippen LogP contribution in [0.5, 0.6) is 0 Å². The first kappa shape index (κ1) is 12.3. The standard InChI is InChI=1S/C14H16O2S/c1-3-8-16-14(10(2)15)12-9-17-13-7-5-4-6-11(12)13/h4-7,9,14H,3,8H2,1-2H3. The van der Waals surface area contributed by atoms with Gasteiger partial charge >= 0.3 is 0 Å². The van der Waals surface area contributed by atoms with Gasteiger partial charge in [-0.1, -0.05) is 25.1 Å². The van der Waals surface area contributed by atoms with Gasteiger partial charge in [0.05, 0.1) is 0 Å². The van der Waals surface area contributed by atoms with Crippen molar-refractivity contribution in [2.45, 2.75) is 26.4 Å². The van der Waals surface area contributed by atoms with E-state index in [1.165, 1.54) is 4.70 Å². The van der Waals surface area contributed by atoms with Crippen LogP contribution in [0.2, 0.25) is 0 Å². The van der Waals surface area contributed by atoms with Crippen LogP contribution >= 0.6 is 11.3 Å². The predicted molar refractivity (Wildman–Crippen MR) is 71.5 cm³/mol. The molecule has 2 aromatic rings. The maximum absolute atomic E-state index is 11.7. The van der Waals surface area contributed by atoms with Crippen molar-refractivity contribution in [2.75, 3.05) is 6.61 Å². The molecule has 1 aromatic carbocycles. The van der Waals surface area contributed by atoms with Crippen molar-refractivity contribution >= 4 is 27.2 Å². The Balaban J connectivity index is 2.38. The van der Waals surface area contributed by atoms with E-state index in [0.29, 0.717) is 6.61 Å². The quantitative estimate of drug-likeness (QED) is 0.800. The van der Waals surface area contributed by atoms with Gasteiger partial charge in [-0.25, -0.2) is 0 Å². The van der Waals surface area contributed by atoms with Gasteiger partial charge in [0.15, 0.2) is 5.78 Å². The maximum Gasteiger partial charge on any atom is 0.163 e. The minimum Gasteiger partial charge on any atom is -0.366 e. The smallest absolute Gasteiger partial charge is 0.163 e. The first-order chi connectivity index (χ1) is 8.24. The van der Waals surface area contributed by atoms with Crippen LogP contribution in [0.3, 0.4) is 0 Å². The lowest BCUT2D eigenvalue weighted by molar-refractivity contribution is -0.128. The number of ketones is 1. The number of hydrogen-bond donors (Lipinski definition) is 0. The Morgan fingerprint density at radius 2 is 2.18 bits per heavy atom. The summed E-state index contributed by atoms with van der Waals surface area (Å²) in [5, 5.41) is 3.17. The summed E-state index contributed by atoms with van der Waals surface area (Å²) < 4.78 is 6.86. The molecule has 0 radical (unpaired) electrons. The van der Waals surface area contributed by atoms with Crippen LogP contribution in [0.15, 0.2) is 29.6 Å². The first-order valence-corrected chi connectivity index (χ1v) is 6.70. The van der Waals surface area contributed by atoms with Crippen LogP contribution in [0.1, 0.15) is 31.9 Å². The monoisotopic (exact) mass is 248 g/mol. The molecule has 0 amide bonds. The van der Waals surface area contributed by atoms with Gasteiger partial charge < -0.3 is 4.74 Å². The second-order valence-electron chi connectivity index (χ2n) is 4.05. The third kappa shape index (κ3) is 2.56. The van der Waals surface area contributed by atoms with Crippen LogP contribution in [0.25, 0.3) is 10.1 Å². The van der Waals surface area contributed by atoms with E-state index in [-0.39, 0.29) is 5.78 Å². The Hall–Kier alpha value is -1.19. The maximum atomic E-state index is 11.7. The third-order valence-electron chi connectivity index (χ3n) is 2.65. The first-order valence-electron chi connectivity index (χ1n) is 5.82. The van der Waals surface area contributed by atoms with E-state index in [9.17, 15) is 4.79 Å². The molecule has 0 aliphatic carbocycles. The van der Waals surface area contributed by atoms with Crippen LogP contribution < -0.4 is 0 Å². The molecular formula is C14H16O2S. The van der Waals surface area contributed by atoms with Gasteiger partial charge in [0.1, 0.15) is 6.10 Å². The number of ether oxygens (including phenoxy) is 1. The van der Waals surface area contributed by atoms with Crippen molar-refractivity contribution in [1.29, 1.82) is 0 Å². The molecule has 0 N–H and O–H groups in total. The molecular weight excluding hydrogens is 232 g/mol. The van der Waals surface area contributed by atoms with Crippen molar-refractivity contribution < 1.29 is 9.53 Å². The molecule has 90 valence electrons. The Labute approximate surface area is 105 Å². The average Bonchev–Trinajstić information content (AvgIpc) is 2.73. The molecule has 2 rings (SSSR count). The van der Waals surface area contributed by atoms with Gasteiger partial charge in [-0.05, 0) is 30.2 Å². The highest BCUT2D eigenvalue weighted by molar-refractivity contribution is 7.17. The molecule has 1 atom stereocenters. The summed E-state index contributed by atoms with van der Waals surface area (Å²) in [6, 6.07) is 8.13. The van der Waals surface area contributed by atoms with Gasteiger partial charge in [-0.15, -0.1) is 11.3 Å². The number of Topliss-reactive ketones (excluding diaryl/α,β-unsaturated/α-hetero) is 1. The number of carbonyl (C=O) groups is 1. The molecule has 0 saturated heterocycles. The number of benzene rings is 1. The van der Waals surface area contributed by atoms with Crippen LogP contribution in [0.4, 0.5) is 0 Å². The normalized spacial score (nSPS) is 12.8. The lowest BCUT2D eigenvalue weighted by atomic mass is 10.1. The summed E-state index contributed by atoms with van der Waals surface area (Å²) in [5.41, 5.74) is 1.01. The minimum absolute atomic E-state index is 0.0713. The molecule has 0 saturated carbocycles. The fraction of sp³-hybridized carbons (Fsp3) is 0.357. The number of fused-ring (bicyclic) bond motifs is 1. The van der Waals surface area contributed by atoms with Crippen molar-refractivity contribution in [1.82, 2.24) is 0 Å². The van der Waals surface area contributed by atoms with Crippen molar-refractivity contribution in [3.8, 4) is 0 Å². The SMILES string of the molecule is CCCOC(C(C)=O)c1csc2ccccc12. The van der Waals surface area contributed by atoms with Crippen molar-refractivity contribution in [2.24, 2.45) is 0 Å². The number of thiophene rings is 1. The van der Waals surface area contributed by atoms with Gasteiger partial charge in [0.2, 0.25) is 0 Å². The summed E-state index contributed by atoms with van der Waals surface area (Å²) in [7, 11) is 0. The average molecular weight is 248 g/mol. The minimum atomic E-state index is -0.411. The fourth-order valence-electron chi connectivity index (χ4n) is 1.86. The summed E-state index contributed by atoms with van der Waals surface area (Å²) in [6.45, 7) is 4.25. The molecule has 0 aliphatic rings. The molecule has 0 spiro atoms. The second kappa shape index (κ2) is 5.43. The zero-order chi connectivity index (χ0) is 12.3. The Bertz CT molecular complexity index is 516.